The topological polar surface area (TPSA) is 63.2 Å². The number of aromatic nitrogens is 1. The molecule has 1 amide bonds. The van der Waals surface area contributed by atoms with E-state index >= 15 is 0 Å². The molecule has 0 radical (unpaired) electrons. The lowest BCUT2D eigenvalue weighted by Gasteiger charge is -2.11. The molecule has 18 heavy (non-hydrogen) atoms. The third-order valence-corrected chi connectivity index (χ3v) is 3.04. The first-order valence-corrected chi connectivity index (χ1v) is 5.79. The van der Waals surface area contributed by atoms with Crippen molar-refractivity contribution in [2.75, 3.05) is 25.5 Å². The fourth-order valence-electron chi connectivity index (χ4n) is 2.18. The van der Waals surface area contributed by atoms with Gasteiger partial charge in [-0.2, -0.15) is 0 Å². The Hall–Kier alpha value is -2.30. The zero-order chi connectivity index (χ0) is 12.5. The number of pyridine rings is 1. The van der Waals surface area contributed by atoms with Crippen LogP contribution in [0.5, 0.6) is 5.75 Å². The molecule has 92 valence electrons. The summed E-state index contributed by atoms with van der Waals surface area (Å²) >= 11 is 0. The molecule has 0 bridgehead atoms. The van der Waals surface area contributed by atoms with Crippen LogP contribution in [0.2, 0.25) is 0 Å². The van der Waals surface area contributed by atoms with Crippen molar-refractivity contribution in [3.05, 3.63) is 30.0 Å². The monoisotopic (exact) mass is 243 g/mol. The highest BCUT2D eigenvalue weighted by atomic mass is 16.5. The molecular weight excluding hydrogens is 230 g/mol. The number of benzene rings is 1. The van der Waals surface area contributed by atoms with E-state index in [0.29, 0.717) is 24.4 Å². The van der Waals surface area contributed by atoms with Crippen molar-refractivity contribution < 1.29 is 9.53 Å². The Kier molecular flexibility index (Phi) is 2.51. The van der Waals surface area contributed by atoms with Crippen molar-refractivity contribution in [2.24, 2.45) is 0 Å². The number of nitrogens with one attached hydrogen (secondary N) is 2. The summed E-state index contributed by atoms with van der Waals surface area (Å²) in [6.07, 6.45) is 1.59. The van der Waals surface area contributed by atoms with E-state index in [1.807, 2.05) is 18.2 Å². The van der Waals surface area contributed by atoms with Crippen LogP contribution in [0, 0.1) is 0 Å². The average Bonchev–Trinajstić information content (AvgIpc) is 2.60. The molecule has 2 aromatic rings. The summed E-state index contributed by atoms with van der Waals surface area (Å²) in [5, 5.41) is 7.00. The average molecular weight is 243 g/mol. The van der Waals surface area contributed by atoms with Crippen LogP contribution in [0.25, 0.3) is 10.9 Å². The van der Waals surface area contributed by atoms with Gasteiger partial charge in [0.25, 0.3) is 5.91 Å². The molecule has 0 saturated carbocycles. The van der Waals surface area contributed by atoms with E-state index in [1.165, 1.54) is 0 Å². The maximum Gasteiger partial charge on any atom is 0.255 e. The summed E-state index contributed by atoms with van der Waals surface area (Å²) in [6, 6.07) is 5.70. The van der Waals surface area contributed by atoms with Gasteiger partial charge < -0.3 is 15.4 Å². The van der Waals surface area contributed by atoms with E-state index in [2.05, 4.69) is 15.6 Å². The van der Waals surface area contributed by atoms with Crippen molar-refractivity contribution in [3.8, 4) is 5.75 Å². The standard InChI is InChI=1S/C13H13N3O2/c1-18-10-4-2-3-8-11-9(7-16-12(8)10)13(17)15-6-5-14-11/h2-4,7,14H,5-6H2,1H3,(H,15,17). The minimum absolute atomic E-state index is 0.0905. The first-order valence-electron chi connectivity index (χ1n) is 5.79. The molecule has 0 fully saturated rings. The van der Waals surface area contributed by atoms with Crippen LogP contribution in [0.4, 0.5) is 5.69 Å². The van der Waals surface area contributed by atoms with Crippen LogP contribution < -0.4 is 15.4 Å². The Morgan fingerprint density at radius 1 is 1.28 bits per heavy atom. The number of para-hydroxylation sites is 1. The molecule has 0 unspecified atom stereocenters. The van der Waals surface area contributed by atoms with Gasteiger partial charge >= 0.3 is 0 Å². The molecule has 2 heterocycles. The number of rotatable bonds is 1. The number of amides is 1. The number of carbonyl (C=O) groups is 1. The van der Waals surface area contributed by atoms with Gasteiger partial charge in [0.1, 0.15) is 11.3 Å². The molecule has 0 aliphatic carbocycles. The second-order valence-corrected chi connectivity index (χ2v) is 4.09. The van der Waals surface area contributed by atoms with Crippen molar-refractivity contribution in [1.82, 2.24) is 10.3 Å². The fraction of sp³-hybridized carbons (Fsp3) is 0.231. The maximum atomic E-state index is 11.9. The Morgan fingerprint density at radius 3 is 2.94 bits per heavy atom. The van der Waals surface area contributed by atoms with Crippen LogP contribution in [0.3, 0.4) is 0 Å². The molecule has 1 aromatic carbocycles. The summed E-state index contributed by atoms with van der Waals surface area (Å²) < 4.78 is 5.29. The Morgan fingerprint density at radius 2 is 2.11 bits per heavy atom. The molecule has 1 aliphatic heterocycles. The van der Waals surface area contributed by atoms with E-state index in [0.717, 1.165) is 16.6 Å². The number of carbonyl (C=O) groups excluding carboxylic acids is 1. The second kappa shape index (κ2) is 4.18. The number of hydrogen-bond acceptors (Lipinski definition) is 4. The molecule has 0 atom stereocenters. The largest absolute Gasteiger partial charge is 0.494 e. The minimum Gasteiger partial charge on any atom is -0.494 e. The number of nitrogens with zero attached hydrogens (tertiary/aromatic N) is 1. The smallest absolute Gasteiger partial charge is 0.255 e. The summed E-state index contributed by atoms with van der Waals surface area (Å²) in [7, 11) is 1.61. The summed E-state index contributed by atoms with van der Waals surface area (Å²) in [5.41, 5.74) is 2.17. The maximum absolute atomic E-state index is 11.9. The van der Waals surface area contributed by atoms with Crippen molar-refractivity contribution in [3.63, 3.8) is 0 Å². The molecule has 1 aromatic heterocycles. The van der Waals surface area contributed by atoms with E-state index < -0.39 is 0 Å². The lowest BCUT2D eigenvalue weighted by molar-refractivity contribution is 0.0958. The van der Waals surface area contributed by atoms with Crippen LogP contribution >= 0.6 is 0 Å². The van der Waals surface area contributed by atoms with Gasteiger partial charge in [-0.1, -0.05) is 12.1 Å². The van der Waals surface area contributed by atoms with E-state index in [-0.39, 0.29) is 5.91 Å². The zero-order valence-electron chi connectivity index (χ0n) is 9.99. The second-order valence-electron chi connectivity index (χ2n) is 4.09. The van der Waals surface area contributed by atoms with E-state index in [4.69, 9.17) is 4.74 Å². The Bertz CT molecular complexity index is 625. The molecule has 3 rings (SSSR count). The first-order chi connectivity index (χ1) is 8.81. The lowest BCUT2D eigenvalue weighted by atomic mass is 10.1. The number of fused-ring (bicyclic) bond motifs is 3. The molecule has 5 heteroatoms. The molecule has 0 saturated heterocycles. The highest BCUT2D eigenvalue weighted by Crippen LogP contribution is 2.31. The number of anilines is 1. The van der Waals surface area contributed by atoms with Crippen molar-refractivity contribution >= 4 is 22.5 Å². The summed E-state index contributed by atoms with van der Waals surface area (Å²) in [4.78, 5) is 16.2. The molecule has 0 spiro atoms. The summed E-state index contributed by atoms with van der Waals surface area (Å²) in [6.45, 7) is 1.31. The normalized spacial score (nSPS) is 14.4. The minimum atomic E-state index is -0.0905. The van der Waals surface area contributed by atoms with Crippen LogP contribution in [0.1, 0.15) is 10.4 Å². The first kappa shape index (κ1) is 10.8. The van der Waals surface area contributed by atoms with Crippen LogP contribution in [-0.2, 0) is 0 Å². The van der Waals surface area contributed by atoms with E-state index in [1.54, 1.807) is 13.3 Å². The van der Waals surface area contributed by atoms with Gasteiger partial charge in [-0.25, -0.2) is 0 Å². The molecular formula is C13H13N3O2. The van der Waals surface area contributed by atoms with Crippen molar-refractivity contribution in [1.29, 1.82) is 0 Å². The van der Waals surface area contributed by atoms with Gasteiger partial charge in [0.05, 0.1) is 18.4 Å². The zero-order valence-corrected chi connectivity index (χ0v) is 9.99. The van der Waals surface area contributed by atoms with Gasteiger partial charge in [-0.3, -0.25) is 9.78 Å². The quantitative estimate of drug-likeness (QED) is 0.794. The van der Waals surface area contributed by atoms with Crippen LogP contribution in [0.15, 0.2) is 24.4 Å². The van der Waals surface area contributed by atoms with Gasteiger partial charge in [0.2, 0.25) is 0 Å². The predicted octanol–water partition coefficient (Wildman–Crippen LogP) is 1.40. The SMILES string of the molecule is COc1cccc2c3c(cnc12)C(=O)NCCN3. The lowest BCUT2D eigenvalue weighted by Crippen LogP contribution is -2.24. The molecule has 1 aliphatic rings. The van der Waals surface area contributed by atoms with Gasteiger partial charge in [-0.15, -0.1) is 0 Å². The molecule has 5 nitrogen and oxygen atoms in total. The highest BCUT2D eigenvalue weighted by Gasteiger charge is 2.18. The Balaban J connectivity index is 2.31. The summed E-state index contributed by atoms with van der Waals surface area (Å²) in [5.74, 6) is 0.619. The third-order valence-electron chi connectivity index (χ3n) is 3.04. The van der Waals surface area contributed by atoms with Crippen molar-refractivity contribution in [2.45, 2.75) is 0 Å². The number of ether oxygens (including phenoxy) is 1. The number of methoxy groups -OCH3 is 1. The third kappa shape index (κ3) is 1.55. The van der Waals surface area contributed by atoms with Crippen LogP contribution in [-0.4, -0.2) is 31.1 Å². The van der Waals surface area contributed by atoms with Gasteiger partial charge in [0, 0.05) is 24.7 Å². The predicted molar refractivity (Wildman–Crippen MR) is 69.1 cm³/mol. The highest BCUT2D eigenvalue weighted by molar-refractivity contribution is 6.08. The Labute approximate surface area is 104 Å². The fourth-order valence-corrected chi connectivity index (χ4v) is 2.18. The number of hydrogen-bond donors (Lipinski definition) is 2. The van der Waals surface area contributed by atoms with E-state index in [9.17, 15) is 4.79 Å². The molecule has 2 N–H and O–H groups in total. The van der Waals surface area contributed by atoms with Gasteiger partial charge in [0.15, 0.2) is 0 Å². The van der Waals surface area contributed by atoms with Gasteiger partial charge in [-0.05, 0) is 6.07 Å².